The van der Waals surface area contributed by atoms with E-state index in [2.05, 4.69) is 0 Å². The second kappa shape index (κ2) is 4.78. The quantitative estimate of drug-likeness (QED) is 0.784. The zero-order valence-electron chi connectivity index (χ0n) is 11.3. The molecule has 3 N–H and O–H groups in total. The summed E-state index contributed by atoms with van der Waals surface area (Å²) in [7, 11) is 0. The fourth-order valence-corrected chi connectivity index (χ4v) is 2.86. The van der Waals surface area contributed by atoms with Crippen LogP contribution in [0.15, 0.2) is 18.2 Å². The first-order valence-electron chi connectivity index (χ1n) is 6.42. The smallest absolute Gasteiger partial charge is 0.382 e. The van der Waals surface area contributed by atoms with Crippen LogP contribution in [0, 0.1) is 5.82 Å². The Morgan fingerprint density at radius 2 is 1.90 bits per heavy atom. The van der Waals surface area contributed by atoms with E-state index in [-0.39, 0.29) is 19.3 Å². The Kier molecular flexibility index (Phi) is 3.62. The lowest BCUT2D eigenvalue weighted by Crippen LogP contribution is -2.58. The molecule has 2 unspecified atom stereocenters. The molecule has 2 rings (SSSR count). The minimum atomic E-state index is -4.98. The minimum Gasteiger partial charge on any atom is -0.382 e. The van der Waals surface area contributed by atoms with Crippen molar-refractivity contribution in [3.8, 4) is 0 Å². The Morgan fingerprint density at radius 1 is 1.29 bits per heavy atom. The Labute approximate surface area is 118 Å². The van der Waals surface area contributed by atoms with Crippen molar-refractivity contribution < 1.29 is 27.5 Å². The van der Waals surface area contributed by atoms with E-state index in [4.69, 9.17) is 5.73 Å². The third kappa shape index (κ3) is 2.55. The largest absolute Gasteiger partial charge is 0.419 e. The standard InChI is InChI=1S/C14H15F4NO2/c1-12(21)6-3-7-13(19,11(12)20)8-4-2-5-9(15)10(8)14(16,17)18/h2,4-5,21H,3,6-7,19H2,1H3. The highest BCUT2D eigenvalue weighted by molar-refractivity contribution is 5.97. The molecule has 0 saturated heterocycles. The SMILES string of the molecule is CC1(O)CCCC(N)(c2cccc(F)c2C(F)(F)F)C1=O. The molecule has 0 radical (unpaired) electrons. The number of rotatable bonds is 1. The molecule has 1 aromatic carbocycles. The van der Waals surface area contributed by atoms with Gasteiger partial charge in [-0.1, -0.05) is 12.1 Å². The molecule has 21 heavy (non-hydrogen) atoms. The topological polar surface area (TPSA) is 63.3 Å². The monoisotopic (exact) mass is 305 g/mol. The molecular weight excluding hydrogens is 290 g/mol. The summed E-state index contributed by atoms with van der Waals surface area (Å²) in [5.74, 6) is -2.40. The number of Topliss-reactive ketones (excluding diaryl/α,β-unsaturated/α-hetero) is 1. The predicted octanol–water partition coefficient (Wildman–Crippen LogP) is 2.50. The van der Waals surface area contributed by atoms with Gasteiger partial charge in [0.2, 0.25) is 0 Å². The second-order valence-electron chi connectivity index (χ2n) is 5.59. The van der Waals surface area contributed by atoms with Crippen LogP contribution >= 0.6 is 0 Å². The number of ketones is 1. The van der Waals surface area contributed by atoms with Gasteiger partial charge in [-0.05, 0) is 37.8 Å². The van der Waals surface area contributed by atoms with Gasteiger partial charge in [0, 0.05) is 0 Å². The first-order chi connectivity index (χ1) is 9.50. The van der Waals surface area contributed by atoms with Crippen LogP contribution in [0.25, 0.3) is 0 Å². The molecule has 116 valence electrons. The van der Waals surface area contributed by atoms with Crippen molar-refractivity contribution in [1.29, 1.82) is 0 Å². The maximum absolute atomic E-state index is 13.6. The van der Waals surface area contributed by atoms with E-state index in [1.54, 1.807) is 0 Å². The Bertz CT molecular complexity index is 583. The lowest BCUT2D eigenvalue weighted by Gasteiger charge is -2.40. The lowest BCUT2D eigenvalue weighted by atomic mass is 9.68. The summed E-state index contributed by atoms with van der Waals surface area (Å²) in [6.45, 7) is 1.21. The third-order valence-corrected chi connectivity index (χ3v) is 3.91. The molecule has 0 bridgehead atoms. The molecule has 0 amide bonds. The first kappa shape index (κ1) is 15.9. The lowest BCUT2D eigenvalue weighted by molar-refractivity contribution is -0.149. The van der Waals surface area contributed by atoms with Crippen molar-refractivity contribution in [3.63, 3.8) is 0 Å². The van der Waals surface area contributed by atoms with Crippen LogP contribution in [0.3, 0.4) is 0 Å². The predicted molar refractivity (Wildman–Crippen MR) is 66.7 cm³/mol. The third-order valence-electron chi connectivity index (χ3n) is 3.91. The normalized spacial score (nSPS) is 30.5. The fourth-order valence-electron chi connectivity index (χ4n) is 2.86. The van der Waals surface area contributed by atoms with Gasteiger partial charge >= 0.3 is 6.18 Å². The molecule has 7 heteroatoms. The summed E-state index contributed by atoms with van der Waals surface area (Å²) in [4.78, 5) is 12.3. The molecule has 2 atom stereocenters. The van der Waals surface area contributed by atoms with Gasteiger partial charge in [0.15, 0.2) is 5.78 Å². The Balaban J connectivity index is 2.66. The van der Waals surface area contributed by atoms with Crippen LogP contribution in [0.5, 0.6) is 0 Å². The number of hydrogen-bond donors (Lipinski definition) is 2. The highest BCUT2D eigenvalue weighted by Gasteiger charge is 2.52. The van der Waals surface area contributed by atoms with E-state index in [1.807, 2.05) is 0 Å². The number of carbonyl (C=O) groups excluding carboxylic acids is 1. The minimum absolute atomic E-state index is 0.0749. The molecule has 3 nitrogen and oxygen atoms in total. The summed E-state index contributed by atoms with van der Waals surface area (Å²) in [5, 5.41) is 10.00. The maximum Gasteiger partial charge on any atom is 0.419 e. The molecule has 1 aromatic rings. The van der Waals surface area contributed by atoms with Crippen molar-refractivity contribution in [1.82, 2.24) is 0 Å². The van der Waals surface area contributed by atoms with Gasteiger partial charge in [-0.3, -0.25) is 4.79 Å². The first-order valence-corrected chi connectivity index (χ1v) is 6.42. The number of carbonyl (C=O) groups is 1. The number of aliphatic hydroxyl groups is 1. The van der Waals surface area contributed by atoms with Gasteiger partial charge < -0.3 is 10.8 Å². The van der Waals surface area contributed by atoms with Crippen molar-refractivity contribution in [2.45, 2.75) is 43.5 Å². The molecule has 1 aliphatic carbocycles. The molecule has 1 fully saturated rings. The zero-order chi connectivity index (χ0) is 16.1. The van der Waals surface area contributed by atoms with Gasteiger partial charge in [0.25, 0.3) is 0 Å². The van der Waals surface area contributed by atoms with Gasteiger partial charge in [-0.25, -0.2) is 4.39 Å². The van der Waals surface area contributed by atoms with E-state index in [0.717, 1.165) is 12.1 Å². The Morgan fingerprint density at radius 3 is 2.48 bits per heavy atom. The van der Waals surface area contributed by atoms with Gasteiger partial charge in [0.05, 0.1) is 5.56 Å². The van der Waals surface area contributed by atoms with Crippen molar-refractivity contribution >= 4 is 5.78 Å². The van der Waals surface area contributed by atoms with Crippen LogP contribution in [0.2, 0.25) is 0 Å². The van der Waals surface area contributed by atoms with E-state index >= 15 is 0 Å². The average Bonchev–Trinajstić information content (AvgIpc) is 2.34. The molecule has 1 aliphatic rings. The summed E-state index contributed by atoms with van der Waals surface area (Å²) in [6, 6.07) is 2.73. The number of halogens is 4. The number of benzene rings is 1. The van der Waals surface area contributed by atoms with Crippen molar-refractivity contribution in [3.05, 3.63) is 35.1 Å². The number of nitrogens with two attached hydrogens (primary N) is 1. The molecule has 0 aliphatic heterocycles. The van der Waals surface area contributed by atoms with Crippen molar-refractivity contribution in [2.24, 2.45) is 5.73 Å². The van der Waals surface area contributed by atoms with Crippen LogP contribution in [-0.2, 0) is 16.5 Å². The number of hydrogen-bond acceptors (Lipinski definition) is 3. The van der Waals surface area contributed by atoms with Crippen LogP contribution in [-0.4, -0.2) is 16.5 Å². The maximum atomic E-state index is 13.6. The van der Waals surface area contributed by atoms with Crippen molar-refractivity contribution in [2.75, 3.05) is 0 Å². The molecule has 0 heterocycles. The molecule has 0 spiro atoms. The highest BCUT2D eigenvalue weighted by atomic mass is 19.4. The average molecular weight is 305 g/mol. The van der Waals surface area contributed by atoms with E-state index < -0.39 is 40.0 Å². The Hall–Kier alpha value is -1.47. The second-order valence-corrected chi connectivity index (χ2v) is 5.59. The van der Waals surface area contributed by atoms with Gasteiger partial charge in [-0.15, -0.1) is 0 Å². The molecule has 1 saturated carbocycles. The molecule has 0 aromatic heterocycles. The summed E-state index contributed by atoms with van der Waals surface area (Å²) in [6.07, 6.45) is -4.67. The van der Waals surface area contributed by atoms with Crippen LogP contribution < -0.4 is 5.73 Å². The highest BCUT2D eigenvalue weighted by Crippen LogP contribution is 2.43. The van der Waals surface area contributed by atoms with Crippen LogP contribution in [0.1, 0.15) is 37.3 Å². The van der Waals surface area contributed by atoms with Crippen LogP contribution in [0.4, 0.5) is 17.6 Å². The van der Waals surface area contributed by atoms with Gasteiger partial charge in [0.1, 0.15) is 17.0 Å². The van der Waals surface area contributed by atoms with E-state index in [9.17, 15) is 27.5 Å². The summed E-state index contributed by atoms with van der Waals surface area (Å²) in [5.41, 5.74) is -0.143. The van der Waals surface area contributed by atoms with E-state index in [0.29, 0.717) is 6.07 Å². The molecular formula is C14H15F4NO2. The van der Waals surface area contributed by atoms with E-state index in [1.165, 1.54) is 6.92 Å². The summed E-state index contributed by atoms with van der Waals surface area (Å²) < 4.78 is 52.9. The number of alkyl halides is 3. The fraction of sp³-hybridized carbons (Fsp3) is 0.500. The summed E-state index contributed by atoms with van der Waals surface area (Å²) >= 11 is 0. The zero-order valence-corrected chi connectivity index (χ0v) is 11.3. The van der Waals surface area contributed by atoms with Gasteiger partial charge in [-0.2, -0.15) is 13.2 Å².